The number of carboxylic acid groups (broad SMARTS) is 1. The molecule has 0 fully saturated rings. The van der Waals surface area contributed by atoms with E-state index in [1.54, 1.807) is 0 Å². The van der Waals surface area contributed by atoms with Crippen LogP contribution in [0.1, 0.15) is 48.7 Å². The van der Waals surface area contributed by atoms with Crippen LogP contribution in [0.5, 0.6) is 0 Å². The Morgan fingerprint density at radius 1 is 1.32 bits per heavy atom. The highest BCUT2D eigenvalue weighted by Crippen LogP contribution is 2.30. The molecule has 2 aromatic rings. The summed E-state index contributed by atoms with van der Waals surface area (Å²) >= 11 is 0. The number of hydrogen-bond acceptors (Lipinski definition) is 3. The van der Waals surface area contributed by atoms with Gasteiger partial charge in [-0.3, -0.25) is 4.57 Å². The molecule has 0 spiro atoms. The van der Waals surface area contributed by atoms with Crippen LogP contribution in [0.25, 0.3) is 0 Å². The molecule has 1 aromatic heterocycles. The zero-order valence-corrected chi connectivity index (χ0v) is 12.7. The second-order valence-electron chi connectivity index (χ2n) is 5.99. The molecule has 1 aliphatic rings. The summed E-state index contributed by atoms with van der Waals surface area (Å²) in [6.07, 6.45) is 1.21. The molecule has 1 N–H and O–H groups in total. The third-order valence-electron chi connectivity index (χ3n) is 4.26. The van der Waals surface area contributed by atoms with E-state index >= 15 is 0 Å². The average molecular weight is 301 g/mol. The van der Waals surface area contributed by atoms with E-state index in [0.717, 1.165) is 17.5 Å². The first kappa shape index (κ1) is 14.6. The number of aryl methyl sites for hydroxylation is 1. The van der Waals surface area contributed by atoms with Gasteiger partial charge in [0.1, 0.15) is 11.9 Å². The Hall–Kier alpha value is -2.37. The summed E-state index contributed by atoms with van der Waals surface area (Å²) < 4.78 is 2.72. The first-order chi connectivity index (χ1) is 10.5. The number of carboxylic acids is 1. The first-order valence-corrected chi connectivity index (χ1v) is 7.45. The van der Waals surface area contributed by atoms with Gasteiger partial charge in [0.2, 0.25) is 0 Å². The molecule has 0 saturated carbocycles. The number of rotatable bonds is 3. The van der Waals surface area contributed by atoms with Gasteiger partial charge in [-0.25, -0.2) is 14.3 Å². The van der Waals surface area contributed by atoms with Gasteiger partial charge in [-0.2, -0.15) is 5.10 Å². The van der Waals surface area contributed by atoms with Gasteiger partial charge in [-0.15, -0.1) is 0 Å². The fourth-order valence-corrected chi connectivity index (χ4v) is 2.94. The number of aliphatic carboxylic acids is 1. The number of fused-ring (bicyclic) bond motifs is 1. The standard InChI is InChI=1S/C16H19N3O3/c1-10-3-6-12(7-4-10)9-18-16(22)19-13(15(20)21)8-5-11(2)14(19)17-18/h3-4,6-7,11,13H,5,8-9H2,1-2H3,(H,20,21). The highest BCUT2D eigenvalue weighted by atomic mass is 16.4. The highest BCUT2D eigenvalue weighted by molar-refractivity contribution is 5.72. The molecular weight excluding hydrogens is 282 g/mol. The molecule has 0 amide bonds. The summed E-state index contributed by atoms with van der Waals surface area (Å²) in [7, 11) is 0. The molecule has 0 aliphatic carbocycles. The molecule has 3 rings (SSSR count). The van der Waals surface area contributed by atoms with Crippen molar-refractivity contribution in [1.29, 1.82) is 0 Å². The molecule has 1 aromatic carbocycles. The lowest BCUT2D eigenvalue weighted by molar-refractivity contribution is -0.141. The Morgan fingerprint density at radius 3 is 2.64 bits per heavy atom. The second-order valence-corrected chi connectivity index (χ2v) is 5.99. The molecule has 6 heteroatoms. The molecule has 116 valence electrons. The number of aromatic nitrogens is 3. The summed E-state index contributed by atoms with van der Waals surface area (Å²) in [5.74, 6) is -0.288. The van der Waals surface area contributed by atoms with Crippen molar-refractivity contribution in [3.05, 3.63) is 51.7 Å². The van der Waals surface area contributed by atoms with Crippen LogP contribution in [0.3, 0.4) is 0 Å². The van der Waals surface area contributed by atoms with Gasteiger partial charge >= 0.3 is 11.7 Å². The highest BCUT2D eigenvalue weighted by Gasteiger charge is 2.33. The van der Waals surface area contributed by atoms with E-state index in [1.165, 1.54) is 9.25 Å². The van der Waals surface area contributed by atoms with Gasteiger partial charge in [0.25, 0.3) is 0 Å². The zero-order chi connectivity index (χ0) is 15.9. The van der Waals surface area contributed by atoms with Crippen molar-refractivity contribution in [2.45, 2.75) is 45.2 Å². The maximum atomic E-state index is 12.5. The van der Waals surface area contributed by atoms with E-state index in [2.05, 4.69) is 5.10 Å². The summed E-state index contributed by atoms with van der Waals surface area (Å²) in [6.45, 7) is 4.34. The molecule has 2 unspecified atom stereocenters. The maximum Gasteiger partial charge on any atom is 0.347 e. The molecule has 0 radical (unpaired) electrons. The van der Waals surface area contributed by atoms with Crippen LogP contribution in [0.15, 0.2) is 29.1 Å². The van der Waals surface area contributed by atoms with Gasteiger partial charge in [0, 0.05) is 5.92 Å². The van der Waals surface area contributed by atoms with Crippen molar-refractivity contribution in [2.24, 2.45) is 0 Å². The molecule has 1 aliphatic heterocycles. The van der Waals surface area contributed by atoms with Gasteiger partial charge in [0.05, 0.1) is 6.54 Å². The van der Waals surface area contributed by atoms with E-state index in [-0.39, 0.29) is 11.6 Å². The smallest absolute Gasteiger partial charge is 0.347 e. The molecule has 6 nitrogen and oxygen atoms in total. The number of benzene rings is 1. The Labute approximate surface area is 128 Å². The molecule has 2 atom stereocenters. The monoisotopic (exact) mass is 301 g/mol. The number of carbonyl (C=O) groups is 1. The van der Waals surface area contributed by atoms with Crippen molar-refractivity contribution < 1.29 is 9.90 Å². The van der Waals surface area contributed by atoms with E-state index in [4.69, 9.17) is 0 Å². The zero-order valence-electron chi connectivity index (χ0n) is 12.7. The minimum absolute atomic E-state index is 0.0996. The molecule has 0 saturated heterocycles. The summed E-state index contributed by atoms with van der Waals surface area (Å²) in [6, 6.07) is 7.08. The van der Waals surface area contributed by atoms with Crippen LogP contribution in [0, 0.1) is 6.92 Å². The Balaban J connectivity index is 2.01. The Kier molecular flexibility index (Phi) is 3.60. The van der Waals surface area contributed by atoms with Gasteiger partial charge < -0.3 is 5.11 Å². The first-order valence-electron chi connectivity index (χ1n) is 7.45. The minimum Gasteiger partial charge on any atom is -0.480 e. The summed E-state index contributed by atoms with van der Waals surface area (Å²) in [5, 5.41) is 13.7. The number of hydrogen-bond donors (Lipinski definition) is 1. The normalized spacial score (nSPS) is 20.6. The third-order valence-corrected chi connectivity index (χ3v) is 4.26. The van der Waals surface area contributed by atoms with Crippen molar-refractivity contribution in [2.75, 3.05) is 0 Å². The lowest BCUT2D eigenvalue weighted by atomic mass is 9.96. The van der Waals surface area contributed by atoms with Crippen LogP contribution in [0.4, 0.5) is 0 Å². The van der Waals surface area contributed by atoms with Crippen molar-refractivity contribution in [3.63, 3.8) is 0 Å². The van der Waals surface area contributed by atoms with Gasteiger partial charge in [0.15, 0.2) is 0 Å². The van der Waals surface area contributed by atoms with E-state index in [9.17, 15) is 14.7 Å². The van der Waals surface area contributed by atoms with Crippen molar-refractivity contribution in [1.82, 2.24) is 14.3 Å². The average Bonchev–Trinajstić information content (AvgIpc) is 2.80. The Morgan fingerprint density at radius 2 is 2.00 bits per heavy atom. The Bertz CT molecular complexity index is 758. The van der Waals surface area contributed by atoms with Crippen LogP contribution < -0.4 is 5.69 Å². The molecular formula is C16H19N3O3. The van der Waals surface area contributed by atoms with Gasteiger partial charge in [-0.1, -0.05) is 36.8 Å². The maximum absolute atomic E-state index is 12.5. The predicted molar refractivity (Wildman–Crippen MR) is 81.1 cm³/mol. The molecule has 22 heavy (non-hydrogen) atoms. The van der Waals surface area contributed by atoms with Crippen molar-refractivity contribution in [3.8, 4) is 0 Å². The molecule has 0 bridgehead atoms. The van der Waals surface area contributed by atoms with E-state index in [1.807, 2.05) is 38.1 Å². The fourth-order valence-electron chi connectivity index (χ4n) is 2.94. The van der Waals surface area contributed by atoms with Gasteiger partial charge in [-0.05, 0) is 25.3 Å². The lowest BCUT2D eigenvalue weighted by Crippen LogP contribution is -2.35. The minimum atomic E-state index is -0.967. The summed E-state index contributed by atoms with van der Waals surface area (Å²) in [5.41, 5.74) is 1.79. The largest absolute Gasteiger partial charge is 0.480 e. The molecule has 2 heterocycles. The lowest BCUT2D eigenvalue weighted by Gasteiger charge is -2.23. The fraction of sp³-hybridized carbons (Fsp3) is 0.438. The topological polar surface area (TPSA) is 77.1 Å². The quantitative estimate of drug-likeness (QED) is 0.939. The third kappa shape index (κ3) is 2.45. The van der Waals surface area contributed by atoms with Crippen LogP contribution >= 0.6 is 0 Å². The number of nitrogens with zero attached hydrogens (tertiary/aromatic N) is 3. The van der Waals surface area contributed by atoms with Crippen LogP contribution in [-0.4, -0.2) is 25.4 Å². The predicted octanol–water partition coefficient (Wildman–Crippen LogP) is 1.92. The summed E-state index contributed by atoms with van der Waals surface area (Å²) in [4.78, 5) is 23.9. The van der Waals surface area contributed by atoms with E-state index < -0.39 is 12.0 Å². The SMILES string of the molecule is Cc1ccc(Cn2nc3n(c2=O)C(C(=O)O)CCC3C)cc1. The van der Waals surface area contributed by atoms with E-state index in [0.29, 0.717) is 18.8 Å². The second kappa shape index (κ2) is 5.44. The van der Waals surface area contributed by atoms with Crippen LogP contribution in [0.2, 0.25) is 0 Å². The van der Waals surface area contributed by atoms with Crippen molar-refractivity contribution >= 4 is 5.97 Å². The van der Waals surface area contributed by atoms with Crippen LogP contribution in [-0.2, 0) is 11.3 Å².